The highest BCUT2D eigenvalue weighted by Crippen LogP contribution is 2.36. The van der Waals surface area contributed by atoms with E-state index in [0.29, 0.717) is 28.7 Å². The summed E-state index contributed by atoms with van der Waals surface area (Å²) < 4.78 is 6.09. The van der Waals surface area contributed by atoms with Crippen LogP contribution in [0.2, 0.25) is 0 Å². The minimum absolute atomic E-state index is 0.0210. The summed E-state index contributed by atoms with van der Waals surface area (Å²) in [5.74, 6) is 1.69. The Balaban J connectivity index is 1.65. The van der Waals surface area contributed by atoms with Crippen LogP contribution in [0.15, 0.2) is 8.76 Å². The zero-order valence-electron chi connectivity index (χ0n) is 11.1. The van der Waals surface area contributed by atoms with Crippen molar-refractivity contribution < 1.29 is 9.21 Å². The molecule has 3 rings (SSSR count). The van der Waals surface area contributed by atoms with Gasteiger partial charge in [-0.15, -0.1) is 20.4 Å². The molecule has 106 valence electrons. The van der Waals surface area contributed by atoms with Gasteiger partial charge < -0.3 is 4.42 Å². The van der Waals surface area contributed by atoms with Gasteiger partial charge in [-0.2, -0.15) is 0 Å². The second-order valence-corrected chi connectivity index (χ2v) is 6.65. The summed E-state index contributed by atoms with van der Waals surface area (Å²) >= 11 is 2.90. The summed E-state index contributed by atoms with van der Waals surface area (Å²) in [5, 5.41) is 16.6. The molecule has 0 unspecified atom stereocenters. The number of thioether (sulfide) groups is 1. The molecule has 0 bridgehead atoms. The lowest BCUT2D eigenvalue weighted by Gasteiger charge is -2.15. The Hall–Kier alpha value is -1.48. The monoisotopic (exact) mass is 311 g/mol. The number of hydrogen-bond acceptors (Lipinski definition) is 8. The van der Waals surface area contributed by atoms with Crippen molar-refractivity contribution in [2.75, 3.05) is 4.90 Å². The fourth-order valence-corrected chi connectivity index (χ4v) is 3.55. The molecule has 0 atom stereocenters. The van der Waals surface area contributed by atoms with E-state index in [4.69, 9.17) is 4.42 Å². The van der Waals surface area contributed by atoms with Crippen LogP contribution in [0.1, 0.15) is 31.5 Å². The quantitative estimate of drug-likeness (QED) is 0.617. The van der Waals surface area contributed by atoms with Crippen LogP contribution in [0.4, 0.5) is 5.13 Å². The Kier molecular flexibility index (Phi) is 3.70. The van der Waals surface area contributed by atoms with Crippen LogP contribution in [0, 0.1) is 6.92 Å². The molecule has 1 fully saturated rings. The zero-order chi connectivity index (χ0) is 14.1. The smallest absolute Gasteiger partial charge is 0.226 e. The second kappa shape index (κ2) is 5.49. The SMILES string of the molecule is CC(=O)N(c1nnc(SCc2nnc(C)o2)s1)C1CC1. The summed E-state index contributed by atoms with van der Waals surface area (Å²) in [6.45, 7) is 3.32. The number of anilines is 1. The Morgan fingerprint density at radius 2 is 2.20 bits per heavy atom. The Labute approximate surface area is 123 Å². The van der Waals surface area contributed by atoms with Gasteiger partial charge in [-0.1, -0.05) is 23.1 Å². The molecule has 2 aromatic rings. The van der Waals surface area contributed by atoms with E-state index < -0.39 is 0 Å². The van der Waals surface area contributed by atoms with Crippen molar-refractivity contribution >= 4 is 34.1 Å². The van der Waals surface area contributed by atoms with Gasteiger partial charge in [0.2, 0.25) is 22.8 Å². The first-order chi connectivity index (χ1) is 9.63. The van der Waals surface area contributed by atoms with E-state index in [1.165, 1.54) is 23.1 Å². The summed E-state index contributed by atoms with van der Waals surface area (Å²) in [4.78, 5) is 13.4. The third-order valence-corrected chi connectivity index (χ3v) is 4.78. The molecule has 7 nitrogen and oxygen atoms in total. The first-order valence-corrected chi connectivity index (χ1v) is 7.99. The fraction of sp³-hybridized carbons (Fsp3) is 0.545. The number of rotatable bonds is 5. The van der Waals surface area contributed by atoms with Crippen molar-refractivity contribution in [2.45, 2.75) is 42.8 Å². The van der Waals surface area contributed by atoms with E-state index in [1.807, 2.05) is 0 Å². The molecule has 1 amide bonds. The molecule has 2 heterocycles. The fourth-order valence-electron chi connectivity index (χ4n) is 1.76. The average molecular weight is 311 g/mol. The van der Waals surface area contributed by atoms with Gasteiger partial charge in [0, 0.05) is 19.9 Å². The van der Waals surface area contributed by atoms with Gasteiger partial charge in [0.1, 0.15) is 0 Å². The molecule has 1 aliphatic carbocycles. The molecular weight excluding hydrogens is 298 g/mol. The number of aryl methyl sites for hydroxylation is 1. The van der Waals surface area contributed by atoms with Crippen LogP contribution in [-0.2, 0) is 10.5 Å². The van der Waals surface area contributed by atoms with Crippen LogP contribution in [-0.4, -0.2) is 32.3 Å². The van der Waals surface area contributed by atoms with Gasteiger partial charge >= 0.3 is 0 Å². The van der Waals surface area contributed by atoms with E-state index in [1.54, 1.807) is 18.7 Å². The second-order valence-electron chi connectivity index (χ2n) is 4.47. The predicted molar refractivity (Wildman–Crippen MR) is 74.7 cm³/mol. The van der Waals surface area contributed by atoms with Gasteiger partial charge in [0.25, 0.3) is 0 Å². The molecule has 0 aliphatic heterocycles. The van der Waals surface area contributed by atoms with Gasteiger partial charge in [-0.25, -0.2) is 0 Å². The van der Waals surface area contributed by atoms with E-state index in [2.05, 4.69) is 20.4 Å². The highest BCUT2D eigenvalue weighted by molar-refractivity contribution is 8.00. The number of amides is 1. The number of carbonyl (C=O) groups excluding carboxylic acids is 1. The van der Waals surface area contributed by atoms with Crippen molar-refractivity contribution in [1.82, 2.24) is 20.4 Å². The third kappa shape index (κ3) is 2.98. The van der Waals surface area contributed by atoms with Crippen LogP contribution >= 0.6 is 23.1 Å². The van der Waals surface area contributed by atoms with E-state index >= 15 is 0 Å². The first-order valence-electron chi connectivity index (χ1n) is 6.18. The average Bonchev–Trinajstić information content (AvgIpc) is 2.95. The number of hydrogen-bond donors (Lipinski definition) is 0. The zero-order valence-corrected chi connectivity index (χ0v) is 12.7. The third-order valence-electron chi connectivity index (χ3n) is 2.74. The van der Waals surface area contributed by atoms with E-state index in [9.17, 15) is 4.79 Å². The minimum Gasteiger partial charge on any atom is -0.425 e. The van der Waals surface area contributed by atoms with E-state index in [-0.39, 0.29) is 5.91 Å². The highest BCUT2D eigenvalue weighted by atomic mass is 32.2. The molecule has 1 saturated carbocycles. The summed E-state index contributed by atoms with van der Waals surface area (Å²) in [6, 6.07) is 0.303. The summed E-state index contributed by atoms with van der Waals surface area (Å²) in [6.07, 6.45) is 2.09. The first kappa shape index (κ1) is 13.5. The maximum absolute atomic E-state index is 11.6. The van der Waals surface area contributed by atoms with Crippen molar-refractivity contribution in [3.63, 3.8) is 0 Å². The molecular formula is C11H13N5O2S2. The normalized spacial score (nSPS) is 14.5. The lowest BCUT2D eigenvalue weighted by atomic mass is 10.5. The molecule has 0 N–H and O–H groups in total. The minimum atomic E-state index is 0.0210. The maximum Gasteiger partial charge on any atom is 0.226 e. The van der Waals surface area contributed by atoms with Crippen LogP contribution in [0.25, 0.3) is 0 Å². The molecule has 0 aromatic carbocycles. The van der Waals surface area contributed by atoms with Gasteiger partial charge in [0.15, 0.2) is 4.34 Å². The van der Waals surface area contributed by atoms with Gasteiger partial charge in [0.05, 0.1) is 5.75 Å². The predicted octanol–water partition coefficient (Wildman–Crippen LogP) is 2.04. The number of aromatic nitrogens is 4. The van der Waals surface area contributed by atoms with Gasteiger partial charge in [-0.05, 0) is 12.8 Å². The van der Waals surface area contributed by atoms with Crippen LogP contribution < -0.4 is 4.90 Å². The maximum atomic E-state index is 11.6. The Morgan fingerprint density at radius 1 is 1.40 bits per heavy atom. The molecule has 0 radical (unpaired) electrons. The van der Waals surface area contributed by atoms with Crippen molar-refractivity contribution in [1.29, 1.82) is 0 Å². The number of carbonyl (C=O) groups is 1. The lowest BCUT2D eigenvalue weighted by Crippen LogP contribution is -2.30. The lowest BCUT2D eigenvalue weighted by molar-refractivity contribution is -0.116. The largest absolute Gasteiger partial charge is 0.425 e. The van der Waals surface area contributed by atoms with Crippen LogP contribution in [0.3, 0.4) is 0 Å². The van der Waals surface area contributed by atoms with Crippen molar-refractivity contribution in [3.8, 4) is 0 Å². The molecule has 0 saturated heterocycles. The topological polar surface area (TPSA) is 85.0 Å². The molecule has 9 heteroatoms. The number of nitrogens with zero attached hydrogens (tertiary/aromatic N) is 5. The summed E-state index contributed by atoms with van der Waals surface area (Å²) in [5.41, 5.74) is 0. The van der Waals surface area contributed by atoms with Crippen molar-refractivity contribution in [3.05, 3.63) is 11.8 Å². The molecule has 20 heavy (non-hydrogen) atoms. The van der Waals surface area contributed by atoms with Gasteiger partial charge in [-0.3, -0.25) is 9.69 Å². The Bertz CT molecular complexity index is 622. The highest BCUT2D eigenvalue weighted by Gasteiger charge is 2.34. The Morgan fingerprint density at radius 3 is 2.80 bits per heavy atom. The standard InChI is InChI=1S/C11H13N5O2S2/c1-6-12-13-9(18-6)5-19-11-15-14-10(20-11)16(7(2)17)8-3-4-8/h8H,3-5H2,1-2H3. The molecule has 0 spiro atoms. The van der Waals surface area contributed by atoms with E-state index in [0.717, 1.165) is 17.2 Å². The van der Waals surface area contributed by atoms with Crippen LogP contribution in [0.5, 0.6) is 0 Å². The van der Waals surface area contributed by atoms with Crippen molar-refractivity contribution in [2.24, 2.45) is 0 Å². The molecule has 1 aliphatic rings. The summed E-state index contributed by atoms with van der Waals surface area (Å²) in [7, 11) is 0. The molecule has 2 aromatic heterocycles.